The minimum Gasteiger partial charge on any atom is -0.0817 e. The average molecular weight is 176 g/mol. The highest BCUT2D eigenvalue weighted by molar-refractivity contribution is 5.15. The van der Waals surface area contributed by atoms with E-state index in [-0.39, 0.29) is 0 Å². The maximum absolute atomic E-state index is 2.66. The summed E-state index contributed by atoms with van der Waals surface area (Å²) in [5, 5.41) is 0. The van der Waals surface area contributed by atoms with Crippen LogP contribution < -0.4 is 0 Å². The van der Waals surface area contributed by atoms with Crippen molar-refractivity contribution in [2.24, 2.45) is 23.7 Å². The summed E-state index contributed by atoms with van der Waals surface area (Å²) in [5.74, 6) is 4.35. The van der Waals surface area contributed by atoms with Gasteiger partial charge in [-0.05, 0) is 62.2 Å². The Morgan fingerprint density at radius 1 is 1.23 bits per heavy atom. The minimum absolute atomic E-state index is 1.02. The summed E-state index contributed by atoms with van der Waals surface area (Å²) in [7, 11) is 0. The zero-order valence-corrected chi connectivity index (χ0v) is 8.63. The van der Waals surface area contributed by atoms with Crippen molar-refractivity contribution in [2.45, 2.75) is 45.4 Å². The Hall–Kier alpha value is -0.260. The van der Waals surface area contributed by atoms with E-state index in [1.54, 1.807) is 24.8 Å². The van der Waals surface area contributed by atoms with Crippen LogP contribution in [0, 0.1) is 23.7 Å². The lowest BCUT2D eigenvalue weighted by molar-refractivity contribution is 0.237. The molecule has 0 radical (unpaired) electrons. The lowest BCUT2D eigenvalue weighted by Crippen LogP contribution is -2.24. The van der Waals surface area contributed by atoms with Gasteiger partial charge in [-0.2, -0.15) is 0 Å². The van der Waals surface area contributed by atoms with Gasteiger partial charge in [0, 0.05) is 0 Å². The Bertz CT molecular complexity index is 238. The van der Waals surface area contributed by atoms with Gasteiger partial charge in [-0.1, -0.05) is 18.6 Å². The number of allylic oxidation sites excluding steroid dienone is 2. The summed E-state index contributed by atoms with van der Waals surface area (Å²) < 4.78 is 0. The molecule has 0 heterocycles. The second-order valence-electron chi connectivity index (χ2n) is 5.29. The van der Waals surface area contributed by atoms with Gasteiger partial charge in [0.15, 0.2) is 0 Å². The Morgan fingerprint density at radius 2 is 2.08 bits per heavy atom. The van der Waals surface area contributed by atoms with Crippen LogP contribution in [0.15, 0.2) is 11.6 Å². The van der Waals surface area contributed by atoms with Crippen LogP contribution in [-0.2, 0) is 0 Å². The first-order valence-electron chi connectivity index (χ1n) is 6.08. The lowest BCUT2D eigenvalue weighted by atomic mass is 9.72. The highest BCUT2D eigenvalue weighted by Gasteiger charge is 2.47. The molecule has 2 saturated carbocycles. The van der Waals surface area contributed by atoms with Gasteiger partial charge >= 0.3 is 0 Å². The fourth-order valence-electron chi connectivity index (χ4n) is 4.15. The molecule has 0 heteroatoms. The van der Waals surface area contributed by atoms with E-state index in [0.29, 0.717) is 0 Å². The van der Waals surface area contributed by atoms with Crippen molar-refractivity contribution < 1.29 is 0 Å². The quantitative estimate of drug-likeness (QED) is 0.533. The Balaban J connectivity index is 1.86. The van der Waals surface area contributed by atoms with Gasteiger partial charge in [-0.25, -0.2) is 0 Å². The molecule has 2 bridgehead atoms. The van der Waals surface area contributed by atoms with Crippen LogP contribution in [-0.4, -0.2) is 0 Å². The normalized spacial score (nSPS) is 47.6. The maximum atomic E-state index is 2.66. The van der Waals surface area contributed by atoms with Crippen LogP contribution in [0.25, 0.3) is 0 Å². The van der Waals surface area contributed by atoms with E-state index in [4.69, 9.17) is 0 Å². The molecule has 0 amide bonds. The predicted octanol–water partition coefficient (Wildman–Crippen LogP) is 3.78. The molecule has 3 aliphatic rings. The standard InChI is InChI=1S/C13H20/c1-2-9-3-6-12-10-4-5-11(8-10)13(12)7-9/h7,10-13H,2-6,8H2,1H3. The van der Waals surface area contributed by atoms with Crippen LogP contribution in [0.2, 0.25) is 0 Å². The second kappa shape index (κ2) is 2.87. The van der Waals surface area contributed by atoms with Gasteiger partial charge in [0.2, 0.25) is 0 Å². The van der Waals surface area contributed by atoms with Crippen LogP contribution in [0.4, 0.5) is 0 Å². The Labute approximate surface area is 81.4 Å². The molecule has 4 atom stereocenters. The van der Waals surface area contributed by atoms with Crippen LogP contribution >= 0.6 is 0 Å². The van der Waals surface area contributed by atoms with Crippen molar-refractivity contribution in [3.05, 3.63) is 11.6 Å². The van der Waals surface area contributed by atoms with Gasteiger partial charge < -0.3 is 0 Å². The van der Waals surface area contributed by atoms with Crippen molar-refractivity contribution in [1.82, 2.24) is 0 Å². The number of rotatable bonds is 1. The SMILES string of the molecule is CCC1=CC2C3CCC(C3)C2CC1. The molecule has 3 aliphatic carbocycles. The lowest BCUT2D eigenvalue weighted by Gasteiger charge is -2.33. The smallest absolute Gasteiger partial charge is 0.0171 e. The second-order valence-corrected chi connectivity index (χ2v) is 5.29. The molecular weight excluding hydrogens is 156 g/mol. The molecule has 4 unspecified atom stereocenters. The van der Waals surface area contributed by atoms with Crippen molar-refractivity contribution in [3.8, 4) is 0 Å². The van der Waals surface area contributed by atoms with Crippen LogP contribution in [0.5, 0.6) is 0 Å². The first kappa shape index (κ1) is 8.08. The first-order chi connectivity index (χ1) is 6.38. The zero-order chi connectivity index (χ0) is 8.84. The molecule has 0 spiro atoms. The molecular formula is C13H20. The highest BCUT2D eigenvalue weighted by Crippen LogP contribution is 2.56. The first-order valence-corrected chi connectivity index (χ1v) is 6.08. The molecule has 0 N–H and O–H groups in total. The number of hydrogen-bond donors (Lipinski definition) is 0. The molecule has 13 heavy (non-hydrogen) atoms. The Morgan fingerprint density at radius 3 is 2.92 bits per heavy atom. The molecule has 0 nitrogen and oxygen atoms in total. The molecule has 0 aromatic carbocycles. The molecule has 0 aliphatic heterocycles. The fourth-order valence-corrected chi connectivity index (χ4v) is 4.15. The average Bonchev–Trinajstić information content (AvgIpc) is 2.77. The summed E-state index contributed by atoms with van der Waals surface area (Å²) >= 11 is 0. The third kappa shape index (κ3) is 1.11. The van der Waals surface area contributed by atoms with Crippen molar-refractivity contribution in [3.63, 3.8) is 0 Å². The molecule has 0 aromatic heterocycles. The minimum atomic E-state index is 1.02. The number of hydrogen-bond acceptors (Lipinski definition) is 0. The van der Waals surface area contributed by atoms with Gasteiger partial charge in [-0.15, -0.1) is 0 Å². The van der Waals surface area contributed by atoms with Crippen LogP contribution in [0.1, 0.15) is 45.4 Å². The largest absolute Gasteiger partial charge is 0.0817 e. The molecule has 2 fully saturated rings. The van der Waals surface area contributed by atoms with E-state index in [0.717, 1.165) is 23.7 Å². The zero-order valence-electron chi connectivity index (χ0n) is 8.63. The molecule has 0 saturated heterocycles. The van der Waals surface area contributed by atoms with E-state index in [2.05, 4.69) is 13.0 Å². The fraction of sp³-hybridized carbons (Fsp3) is 0.846. The van der Waals surface area contributed by atoms with E-state index < -0.39 is 0 Å². The summed E-state index contributed by atoms with van der Waals surface area (Å²) in [6.45, 7) is 2.32. The van der Waals surface area contributed by atoms with Crippen molar-refractivity contribution >= 4 is 0 Å². The third-order valence-electron chi connectivity index (χ3n) is 4.84. The van der Waals surface area contributed by atoms with E-state index in [1.165, 1.54) is 19.3 Å². The molecule has 72 valence electrons. The van der Waals surface area contributed by atoms with E-state index in [1.807, 2.05) is 0 Å². The molecule has 0 aromatic rings. The monoisotopic (exact) mass is 176 g/mol. The third-order valence-corrected chi connectivity index (χ3v) is 4.84. The van der Waals surface area contributed by atoms with Gasteiger partial charge in [0.25, 0.3) is 0 Å². The van der Waals surface area contributed by atoms with Crippen molar-refractivity contribution in [2.75, 3.05) is 0 Å². The number of fused-ring (bicyclic) bond motifs is 5. The Kier molecular flexibility index (Phi) is 1.78. The van der Waals surface area contributed by atoms with Crippen molar-refractivity contribution in [1.29, 1.82) is 0 Å². The summed E-state index contributed by atoms with van der Waals surface area (Å²) in [6.07, 6.45) is 11.6. The summed E-state index contributed by atoms with van der Waals surface area (Å²) in [6, 6.07) is 0. The summed E-state index contributed by atoms with van der Waals surface area (Å²) in [5.41, 5.74) is 1.76. The predicted molar refractivity (Wildman–Crippen MR) is 55.4 cm³/mol. The molecule has 3 rings (SSSR count). The van der Waals surface area contributed by atoms with Gasteiger partial charge in [-0.3, -0.25) is 0 Å². The van der Waals surface area contributed by atoms with Gasteiger partial charge in [0.05, 0.1) is 0 Å². The maximum Gasteiger partial charge on any atom is -0.0171 e. The van der Waals surface area contributed by atoms with E-state index >= 15 is 0 Å². The summed E-state index contributed by atoms with van der Waals surface area (Å²) in [4.78, 5) is 0. The van der Waals surface area contributed by atoms with E-state index in [9.17, 15) is 0 Å². The highest BCUT2D eigenvalue weighted by atomic mass is 14.5. The van der Waals surface area contributed by atoms with Crippen LogP contribution in [0.3, 0.4) is 0 Å². The van der Waals surface area contributed by atoms with Gasteiger partial charge in [0.1, 0.15) is 0 Å². The topological polar surface area (TPSA) is 0 Å².